The summed E-state index contributed by atoms with van der Waals surface area (Å²) in [5, 5.41) is 7.76. The van der Waals surface area contributed by atoms with Gasteiger partial charge in [-0.25, -0.2) is 0 Å². The third-order valence-electron chi connectivity index (χ3n) is 1.87. The van der Waals surface area contributed by atoms with E-state index in [9.17, 15) is 0 Å². The fourth-order valence-electron chi connectivity index (χ4n) is 1.35. The highest BCUT2D eigenvalue weighted by molar-refractivity contribution is 6.16. The minimum absolute atomic E-state index is 0.360. The van der Waals surface area contributed by atoms with E-state index >= 15 is 0 Å². The Morgan fingerprint density at radius 2 is 2.31 bits per heavy atom. The lowest BCUT2D eigenvalue weighted by atomic mass is 10.3. The number of rotatable bonds is 4. The first-order valence-electron chi connectivity index (χ1n) is 4.24. The highest BCUT2D eigenvalue weighted by Gasteiger charge is 2.10. The van der Waals surface area contributed by atoms with E-state index in [1.165, 1.54) is 0 Å². The zero-order chi connectivity index (χ0) is 9.84. The molecule has 1 atom stereocenters. The average molecular weight is 203 g/mol. The molecule has 1 aromatic rings. The van der Waals surface area contributed by atoms with Gasteiger partial charge in [-0.05, 0) is 21.0 Å². The second kappa shape index (κ2) is 4.58. The fourth-order valence-corrected chi connectivity index (χ4v) is 1.54. The van der Waals surface area contributed by atoms with Crippen molar-refractivity contribution in [2.45, 2.75) is 18.8 Å². The van der Waals surface area contributed by atoms with E-state index < -0.39 is 0 Å². The van der Waals surface area contributed by atoms with Gasteiger partial charge in [0, 0.05) is 12.6 Å². The molecule has 0 saturated heterocycles. The maximum absolute atomic E-state index is 5.72. The molecule has 0 aliphatic carbocycles. The first-order valence-corrected chi connectivity index (χ1v) is 4.77. The van der Waals surface area contributed by atoms with Crippen LogP contribution in [-0.4, -0.2) is 40.3 Å². The van der Waals surface area contributed by atoms with Gasteiger partial charge in [0.25, 0.3) is 0 Å². The normalized spacial score (nSPS) is 13.6. The molecule has 1 unspecified atom stereocenters. The van der Waals surface area contributed by atoms with Crippen LogP contribution in [0.15, 0.2) is 6.33 Å². The third kappa shape index (κ3) is 2.67. The SMILES string of the molecule is CC(CN(C)C)n1cnnc1CCl. The Balaban J connectivity index is 2.69. The van der Waals surface area contributed by atoms with Gasteiger partial charge >= 0.3 is 0 Å². The van der Waals surface area contributed by atoms with E-state index in [1.54, 1.807) is 6.33 Å². The topological polar surface area (TPSA) is 34.0 Å². The average Bonchev–Trinajstić information content (AvgIpc) is 2.49. The van der Waals surface area contributed by atoms with Crippen molar-refractivity contribution in [1.29, 1.82) is 0 Å². The quantitative estimate of drug-likeness (QED) is 0.687. The lowest BCUT2D eigenvalue weighted by molar-refractivity contribution is 0.333. The molecule has 0 radical (unpaired) electrons. The van der Waals surface area contributed by atoms with Gasteiger partial charge in [0.05, 0.1) is 5.88 Å². The van der Waals surface area contributed by atoms with Gasteiger partial charge in [-0.3, -0.25) is 0 Å². The Labute approximate surface area is 83.5 Å². The van der Waals surface area contributed by atoms with Crippen LogP contribution in [0.5, 0.6) is 0 Å². The summed E-state index contributed by atoms with van der Waals surface area (Å²) in [6, 6.07) is 0.360. The van der Waals surface area contributed by atoms with Crippen molar-refractivity contribution >= 4 is 11.6 Å². The lowest BCUT2D eigenvalue weighted by Gasteiger charge is -2.18. The molecule has 1 rings (SSSR count). The van der Waals surface area contributed by atoms with Crippen molar-refractivity contribution in [1.82, 2.24) is 19.7 Å². The highest BCUT2D eigenvalue weighted by atomic mass is 35.5. The second-order valence-electron chi connectivity index (χ2n) is 3.40. The monoisotopic (exact) mass is 202 g/mol. The van der Waals surface area contributed by atoms with Crippen LogP contribution >= 0.6 is 11.6 Å². The van der Waals surface area contributed by atoms with Crippen LogP contribution in [0.4, 0.5) is 0 Å². The van der Waals surface area contributed by atoms with Crippen LogP contribution in [0.3, 0.4) is 0 Å². The van der Waals surface area contributed by atoms with Gasteiger partial charge in [0.15, 0.2) is 0 Å². The lowest BCUT2D eigenvalue weighted by Crippen LogP contribution is -2.23. The van der Waals surface area contributed by atoms with E-state index in [2.05, 4.69) is 22.0 Å². The van der Waals surface area contributed by atoms with Gasteiger partial charge in [0.1, 0.15) is 12.2 Å². The Hall–Kier alpha value is -0.610. The predicted octanol–water partition coefficient (Wildman–Crippen LogP) is 1.14. The summed E-state index contributed by atoms with van der Waals surface area (Å²) in [5.74, 6) is 1.24. The molecule has 1 aromatic heterocycles. The van der Waals surface area contributed by atoms with Crippen molar-refractivity contribution < 1.29 is 0 Å². The van der Waals surface area contributed by atoms with E-state index in [1.807, 2.05) is 18.7 Å². The largest absolute Gasteiger partial charge is 0.312 e. The van der Waals surface area contributed by atoms with E-state index in [0.717, 1.165) is 12.4 Å². The molecule has 13 heavy (non-hydrogen) atoms. The molecule has 74 valence electrons. The summed E-state index contributed by atoms with van der Waals surface area (Å²) in [4.78, 5) is 2.13. The summed E-state index contributed by atoms with van der Waals surface area (Å²) in [6.45, 7) is 3.08. The zero-order valence-electron chi connectivity index (χ0n) is 8.24. The molecular formula is C8H15ClN4. The van der Waals surface area contributed by atoms with E-state index in [-0.39, 0.29) is 0 Å². The van der Waals surface area contributed by atoms with Gasteiger partial charge in [-0.15, -0.1) is 21.8 Å². The first kappa shape index (κ1) is 10.5. The maximum Gasteiger partial charge on any atom is 0.148 e. The Morgan fingerprint density at radius 1 is 1.62 bits per heavy atom. The third-order valence-corrected chi connectivity index (χ3v) is 2.11. The smallest absolute Gasteiger partial charge is 0.148 e. The summed E-state index contributed by atoms with van der Waals surface area (Å²) in [7, 11) is 4.09. The Morgan fingerprint density at radius 3 is 2.85 bits per heavy atom. The number of aromatic nitrogens is 3. The van der Waals surface area contributed by atoms with Gasteiger partial charge < -0.3 is 9.47 Å². The summed E-state index contributed by atoms with van der Waals surface area (Å²) < 4.78 is 2.01. The second-order valence-corrected chi connectivity index (χ2v) is 3.67. The number of hydrogen-bond acceptors (Lipinski definition) is 3. The molecule has 5 heteroatoms. The van der Waals surface area contributed by atoms with Crippen LogP contribution in [0.1, 0.15) is 18.8 Å². The Bertz CT molecular complexity index is 258. The van der Waals surface area contributed by atoms with Gasteiger partial charge in [-0.2, -0.15) is 0 Å². The van der Waals surface area contributed by atoms with Crippen LogP contribution < -0.4 is 0 Å². The van der Waals surface area contributed by atoms with E-state index in [4.69, 9.17) is 11.6 Å². The van der Waals surface area contributed by atoms with Crippen molar-refractivity contribution in [3.8, 4) is 0 Å². The van der Waals surface area contributed by atoms with Crippen molar-refractivity contribution in [2.75, 3.05) is 20.6 Å². The summed E-state index contributed by atoms with van der Waals surface area (Å²) in [6.07, 6.45) is 1.73. The minimum atomic E-state index is 0.360. The van der Waals surface area contributed by atoms with Gasteiger partial charge in [-0.1, -0.05) is 0 Å². The van der Waals surface area contributed by atoms with Crippen molar-refractivity contribution in [3.63, 3.8) is 0 Å². The predicted molar refractivity (Wildman–Crippen MR) is 52.8 cm³/mol. The van der Waals surface area contributed by atoms with Crippen LogP contribution in [-0.2, 0) is 5.88 Å². The molecule has 0 saturated carbocycles. The van der Waals surface area contributed by atoms with Crippen molar-refractivity contribution in [2.24, 2.45) is 0 Å². The number of nitrogens with zero attached hydrogens (tertiary/aromatic N) is 4. The molecule has 0 aromatic carbocycles. The molecule has 0 bridgehead atoms. The molecule has 0 aliphatic rings. The number of alkyl halides is 1. The van der Waals surface area contributed by atoms with E-state index in [0.29, 0.717) is 11.9 Å². The minimum Gasteiger partial charge on any atom is -0.312 e. The highest BCUT2D eigenvalue weighted by Crippen LogP contribution is 2.09. The summed E-state index contributed by atoms with van der Waals surface area (Å²) >= 11 is 5.72. The van der Waals surface area contributed by atoms with Crippen molar-refractivity contribution in [3.05, 3.63) is 12.2 Å². The van der Waals surface area contributed by atoms with Crippen LogP contribution in [0.25, 0.3) is 0 Å². The van der Waals surface area contributed by atoms with Crippen LogP contribution in [0.2, 0.25) is 0 Å². The maximum atomic E-state index is 5.72. The molecule has 0 spiro atoms. The number of likely N-dealkylation sites (N-methyl/N-ethyl adjacent to an activating group) is 1. The first-order chi connectivity index (χ1) is 6.15. The molecule has 0 fully saturated rings. The standard InChI is InChI=1S/C8H15ClN4/c1-7(5-12(2)3)13-6-10-11-8(13)4-9/h6-7H,4-5H2,1-3H3. The molecular weight excluding hydrogens is 188 g/mol. The fraction of sp³-hybridized carbons (Fsp3) is 0.750. The molecule has 0 aliphatic heterocycles. The summed E-state index contributed by atoms with van der Waals surface area (Å²) in [5.41, 5.74) is 0. The number of halogens is 1. The zero-order valence-corrected chi connectivity index (χ0v) is 8.99. The van der Waals surface area contributed by atoms with Crippen LogP contribution in [0, 0.1) is 0 Å². The number of hydrogen-bond donors (Lipinski definition) is 0. The van der Waals surface area contributed by atoms with Gasteiger partial charge in [0.2, 0.25) is 0 Å². The molecule has 1 heterocycles. The molecule has 4 nitrogen and oxygen atoms in total. The molecule has 0 amide bonds. The Kier molecular flexibility index (Phi) is 3.69. The molecule has 0 N–H and O–H groups in total.